The van der Waals surface area contributed by atoms with Crippen molar-refractivity contribution in [1.29, 1.82) is 0 Å². The van der Waals surface area contributed by atoms with Crippen molar-refractivity contribution in [2.45, 2.75) is 6.92 Å². The fourth-order valence-electron chi connectivity index (χ4n) is 1.64. The predicted octanol–water partition coefficient (Wildman–Crippen LogP) is 1.79. The first-order valence-corrected chi connectivity index (χ1v) is 7.30. The van der Waals surface area contributed by atoms with Crippen LogP contribution in [0.15, 0.2) is 42.6 Å². The van der Waals surface area contributed by atoms with Crippen LogP contribution in [0.1, 0.15) is 6.92 Å². The summed E-state index contributed by atoms with van der Waals surface area (Å²) in [7, 11) is -0.402. The van der Waals surface area contributed by atoms with Crippen LogP contribution in [-0.2, 0) is 9.16 Å². The van der Waals surface area contributed by atoms with E-state index in [0.29, 0.717) is 12.8 Å². The van der Waals surface area contributed by atoms with Gasteiger partial charge in [-0.15, -0.1) is 6.58 Å². The van der Waals surface area contributed by atoms with Crippen LogP contribution in [0.3, 0.4) is 0 Å². The second-order valence-electron chi connectivity index (χ2n) is 3.33. The van der Waals surface area contributed by atoms with E-state index in [1.54, 1.807) is 7.11 Å². The Morgan fingerprint density at radius 3 is 2.47 bits per heavy atom. The first-order valence-electron chi connectivity index (χ1n) is 5.11. The van der Waals surface area contributed by atoms with Crippen molar-refractivity contribution < 1.29 is 9.16 Å². The summed E-state index contributed by atoms with van der Waals surface area (Å²) in [6.45, 7) is 6.60. The van der Waals surface area contributed by atoms with E-state index in [-0.39, 0.29) is 0 Å². The second-order valence-corrected chi connectivity index (χ2v) is 6.67. The van der Waals surface area contributed by atoms with E-state index in [9.17, 15) is 0 Å². The number of benzene rings is 1. The third-order valence-electron chi connectivity index (χ3n) is 2.35. The van der Waals surface area contributed by atoms with Gasteiger partial charge in [0.1, 0.15) is 0 Å². The van der Waals surface area contributed by atoms with Gasteiger partial charge in [0.15, 0.2) is 0 Å². The highest BCUT2D eigenvalue weighted by Crippen LogP contribution is 2.08. The number of hydrogen-bond donors (Lipinski definition) is 0. The molecule has 0 saturated carbocycles. The van der Waals surface area contributed by atoms with Crippen molar-refractivity contribution in [3.63, 3.8) is 0 Å². The van der Waals surface area contributed by atoms with Crippen molar-refractivity contribution in [1.82, 2.24) is 0 Å². The Kier molecular flexibility index (Phi) is 4.75. The van der Waals surface area contributed by atoms with Gasteiger partial charge in [0.25, 0.3) is 8.32 Å². The standard InChI is InChI=1S/C12H18O2Si/c1-4-14-15(5-2,11-13-3)12-9-7-6-8-10-12/h5-10H,2,4,11H2,1,3H3. The average Bonchev–Trinajstić information content (AvgIpc) is 2.30. The molecule has 1 aromatic rings. The third kappa shape index (κ3) is 2.78. The van der Waals surface area contributed by atoms with Crippen LogP contribution in [0.2, 0.25) is 0 Å². The van der Waals surface area contributed by atoms with Crippen molar-refractivity contribution >= 4 is 13.5 Å². The van der Waals surface area contributed by atoms with Crippen molar-refractivity contribution in [2.24, 2.45) is 0 Å². The van der Waals surface area contributed by atoms with Crippen LogP contribution < -0.4 is 5.19 Å². The lowest BCUT2D eigenvalue weighted by atomic mass is 10.4. The molecule has 2 nitrogen and oxygen atoms in total. The molecule has 0 spiro atoms. The zero-order chi connectivity index (χ0) is 11.1. The highest BCUT2D eigenvalue weighted by Gasteiger charge is 2.33. The lowest BCUT2D eigenvalue weighted by Gasteiger charge is -2.27. The Hall–Kier alpha value is -0.903. The van der Waals surface area contributed by atoms with Gasteiger partial charge in [-0.1, -0.05) is 36.0 Å². The average molecular weight is 222 g/mol. The maximum absolute atomic E-state index is 5.90. The Labute approximate surface area is 92.7 Å². The molecule has 1 aromatic carbocycles. The molecule has 0 heterocycles. The van der Waals surface area contributed by atoms with Gasteiger partial charge in [0, 0.05) is 13.7 Å². The molecular weight excluding hydrogens is 204 g/mol. The normalized spacial score (nSPS) is 14.5. The maximum atomic E-state index is 5.90. The summed E-state index contributed by atoms with van der Waals surface area (Å²) in [4.78, 5) is 0. The molecule has 0 N–H and O–H groups in total. The van der Waals surface area contributed by atoms with Gasteiger partial charge in [-0.2, -0.15) is 0 Å². The Bertz CT molecular complexity index is 292. The van der Waals surface area contributed by atoms with E-state index in [1.807, 2.05) is 30.8 Å². The number of ether oxygens (including phenoxy) is 1. The van der Waals surface area contributed by atoms with Gasteiger partial charge in [-0.05, 0) is 12.1 Å². The van der Waals surface area contributed by atoms with Crippen molar-refractivity contribution in [3.05, 3.63) is 42.6 Å². The lowest BCUT2D eigenvalue weighted by Crippen LogP contribution is -2.53. The Morgan fingerprint density at radius 1 is 1.33 bits per heavy atom. The summed E-state index contributed by atoms with van der Waals surface area (Å²) in [6, 6.07) is 10.2. The summed E-state index contributed by atoms with van der Waals surface area (Å²) in [5, 5.41) is 1.21. The number of methoxy groups -OCH3 is 1. The molecule has 0 bridgehead atoms. The van der Waals surface area contributed by atoms with Crippen LogP contribution in [0, 0.1) is 0 Å². The molecule has 1 unspecified atom stereocenters. The highest BCUT2D eigenvalue weighted by atomic mass is 28.4. The van der Waals surface area contributed by atoms with Crippen LogP contribution >= 0.6 is 0 Å². The van der Waals surface area contributed by atoms with E-state index in [4.69, 9.17) is 9.16 Å². The zero-order valence-corrected chi connectivity index (χ0v) is 10.4. The second kappa shape index (κ2) is 5.85. The minimum absolute atomic E-state index is 0.619. The molecule has 1 atom stereocenters. The first-order chi connectivity index (χ1) is 7.29. The molecule has 0 fully saturated rings. The zero-order valence-electron chi connectivity index (χ0n) is 9.40. The van der Waals surface area contributed by atoms with Crippen molar-refractivity contribution in [3.8, 4) is 0 Å². The monoisotopic (exact) mass is 222 g/mol. The highest BCUT2D eigenvalue weighted by molar-refractivity contribution is 6.90. The van der Waals surface area contributed by atoms with Gasteiger partial charge in [0.2, 0.25) is 0 Å². The summed E-state index contributed by atoms with van der Waals surface area (Å²) < 4.78 is 11.2. The molecule has 0 aliphatic carbocycles. The van der Waals surface area contributed by atoms with Gasteiger partial charge in [0.05, 0.1) is 6.23 Å². The minimum atomic E-state index is -2.10. The summed E-state index contributed by atoms with van der Waals surface area (Å²) in [5.74, 6) is 0. The van der Waals surface area contributed by atoms with Gasteiger partial charge < -0.3 is 9.16 Å². The van der Waals surface area contributed by atoms with E-state index in [0.717, 1.165) is 0 Å². The van der Waals surface area contributed by atoms with Crippen molar-refractivity contribution in [2.75, 3.05) is 19.9 Å². The maximum Gasteiger partial charge on any atom is 0.273 e. The Morgan fingerprint density at radius 2 is 2.00 bits per heavy atom. The van der Waals surface area contributed by atoms with E-state index in [2.05, 4.69) is 18.7 Å². The smallest absolute Gasteiger partial charge is 0.273 e. The molecular formula is C12H18O2Si. The molecule has 0 aromatic heterocycles. The van der Waals surface area contributed by atoms with Gasteiger partial charge >= 0.3 is 0 Å². The molecule has 82 valence electrons. The summed E-state index contributed by atoms with van der Waals surface area (Å²) in [6.07, 6.45) is 0.619. The lowest BCUT2D eigenvalue weighted by molar-refractivity contribution is 0.218. The predicted molar refractivity (Wildman–Crippen MR) is 65.5 cm³/mol. The fourth-order valence-corrected chi connectivity index (χ4v) is 4.23. The first kappa shape index (κ1) is 12.2. The van der Waals surface area contributed by atoms with Crippen LogP contribution in [0.5, 0.6) is 0 Å². The van der Waals surface area contributed by atoms with E-state index in [1.165, 1.54) is 5.19 Å². The molecule has 1 rings (SSSR count). The SMILES string of the molecule is C=C[Si](COC)(OCC)c1ccccc1. The minimum Gasteiger partial charge on any atom is -0.407 e. The molecule has 3 heteroatoms. The van der Waals surface area contributed by atoms with E-state index < -0.39 is 8.32 Å². The summed E-state index contributed by atoms with van der Waals surface area (Å²) >= 11 is 0. The van der Waals surface area contributed by atoms with Crippen LogP contribution in [-0.4, -0.2) is 28.3 Å². The largest absolute Gasteiger partial charge is 0.407 e. The molecule has 0 amide bonds. The van der Waals surface area contributed by atoms with Gasteiger partial charge in [-0.25, -0.2) is 0 Å². The Balaban J connectivity index is 3.03. The molecule has 15 heavy (non-hydrogen) atoms. The molecule has 0 radical (unpaired) electrons. The van der Waals surface area contributed by atoms with E-state index >= 15 is 0 Å². The topological polar surface area (TPSA) is 18.5 Å². The molecule has 0 saturated heterocycles. The van der Waals surface area contributed by atoms with Crippen LogP contribution in [0.25, 0.3) is 0 Å². The number of hydrogen-bond acceptors (Lipinski definition) is 2. The molecule has 0 aliphatic rings. The quantitative estimate of drug-likeness (QED) is 0.683. The van der Waals surface area contributed by atoms with Crippen LogP contribution in [0.4, 0.5) is 0 Å². The summed E-state index contributed by atoms with van der Waals surface area (Å²) in [5.41, 5.74) is 1.94. The number of rotatable bonds is 6. The third-order valence-corrected chi connectivity index (χ3v) is 5.84. The van der Waals surface area contributed by atoms with Gasteiger partial charge in [-0.3, -0.25) is 0 Å². The molecule has 0 aliphatic heterocycles. The fraction of sp³-hybridized carbons (Fsp3) is 0.333.